The lowest BCUT2D eigenvalue weighted by Gasteiger charge is -1.80. The van der Waals surface area contributed by atoms with Crippen molar-refractivity contribution in [1.29, 1.82) is 0 Å². The van der Waals surface area contributed by atoms with Gasteiger partial charge >= 0.3 is 16.5 Å². The Morgan fingerprint density at radius 3 is 1.23 bits per heavy atom. The van der Waals surface area contributed by atoms with Gasteiger partial charge < -0.3 is 30.4 Å². The highest BCUT2D eigenvalue weighted by molar-refractivity contribution is 7.31. The number of aliphatic hydroxyl groups excluding tert-OH is 1. The topological polar surface area (TPSA) is 161 Å². The maximum atomic E-state index is 8.74. The molecular weight excluding hydrogens is 224 g/mol. The maximum Gasteiger partial charge on any atom is 0.314 e. The second kappa shape index (κ2) is 18.1. The lowest BCUT2D eigenvalue weighted by molar-refractivity contribution is 0.291. The van der Waals surface area contributed by atoms with Crippen molar-refractivity contribution in [2.45, 2.75) is 6.42 Å². The second-order valence-corrected chi connectivity index (χ2v) is 2.56. The average molecular weight is 239 g/mol. The van der Waals surface area contributed by atoms with Gasteiger partial charge in [0.05, 0.1) is 0 Å². The number of hydrogen-bond donors (Lipinski definition) is 6. The number of nitrogens with two attached hydrogens (primary N) is 1. The van der Waals surface area contributed by atoms with Gasteiger partial charge in [0.15, 0.2) is 0 Å². The van der Waals surface area contributed by atoms with Crippen LogP contribution in [0.15, 0.2) is 0 Å². The van der Waals surface area contributed by atoms with Gasteiger partial charge in [-0.3, -0.25) is 9.13 Å². The van der Waals surface area contributed by atoms with Crippen LogP contribution in [0.4, 0.5) is 0 Å². The average Bonchev–Trinajstić information content (AvgIpc) is 1.86. The fourth-order valence-electron chi connectivity index (χ4n) is 0.0913. The lowest BCUT2D eigenvalue weighted by atomic mass is 10.5. The van der Waals surface area contributed by atoms with Crippen molar-refractivity contribution in [3.63, 3.8) is 0 Å². The molecule has 0 rings (SSSR count). The summed E-state index contributed by atoms with van der Waals surface area (Å²) in [7, 11) is -6.26. The number of hydrogen-bond acceptors (Lipinski definition) is 4. The molecule has 0 amide bonds. The minimum atomic E-state index is -3.13. The summed E-state index contributed by atoms with van der Waals surface area (Å²) >= 11 is 0. The molecule has 7 N–H and O–H groups in total. The van der Waals surface area contributed by atoms with Gasteiger partial charge in [0, 0.05) is 6.61 Å². The smallest absolute Gasteiger partial charge is 0.314 e. The number of rotatable bonds is 2. The normalized spacial score (nSPS) is 8.62. The third kappa shape index (κ3) is 259. The minimum Gasteiger partial charge on any atom is -0.396 e. The van der Waals surface area contributed by atoms with Gasteiger partial charge in [0.25, 0.3) is 0 Å². The summed E-state index contributed by atoms with van der Waals surface area (Å²) in [5, 5.41) is 7.99. The van der Waals surface area contributed by atoms with Crippen LogP contribution in [0.25, 0.3) is 0 Å². The molecule has 10 heteroatoms. The second-order valence-electron chi connectivity index (χ2n) is 1.43. The van der Waals surface area contributed by atoms with E-state index in [-0.39, 0.29) is 6.61 Å². The largest absolute Gasteiger partial charge is 0.396 e. The first-order chi connectivity index (χ1) is 5.88. The molecule has 13 heavy (non-hydrogen) atoms. The molecule has 0 radical (unpaired) electrons. The fraction of sp³-hybridized carbons (Fsp3) is 1.00. The standard InChI is InChI=1S/C3H9NO.2H3O3P/c4-2-1-3-5;2*1-4(2)3/h5H,1-4H2;2*4H,(H2,1,2,3). The highest BCUT2D eigenvalue weighted by Crippen LogP contribution is 1.98. The molecule has 0 fully saturated rings. The van der Waals surface area contributed by atoms with Crippen molar-refractivity contribution >= 4 is 16.5 Å². The van der Waals surface area contributed by atoms with Crippen LogP contribution in [0.1, 0.15) is 6.42 Å². The lowest BCUT2D eigenvalue weighted by Crippen LogP contribution is -1.99. The van der Waals surface area contributed by atoms with Gasteiger partial charge in [-0.05, 0) is 13.0 Å². The third-order valence-corrected chi connectivity index (χ3v) is 0.362. The Kier molecular flexibility index (Phi) is 26.3. The van der Waals surface area contributed by atoms with E-state index < -0.39 is 16.5 Å². The Balaban J connectivity index is -0.000000117. The van der Waals surface area contributed by atoms with Crippen LogP contribution in [0.2, 0.25) is 0 Å². The third-order valence-electron chi connectivity index (χ3n) is 0.362. The molecule has 0 aliphatic heterocycles. The predicted molar refractivity (Wildman–Crippen MR) is 47.6 cm³/mol. The van der Waals surface area contributed by atoms with E-state index in [1.165, 1.54) is 0 Å². The molecule has 0 bridgehead atoms. The van der Waals surface area contributed by atoms with Crippen LogP contribution < -0.4 is 5.73 Å². The molecule has 0 atom stereocenters. The Bertz CT molecular complexity index is 109. The van der Waals surface area contributed by atoms with E-state index in [2.05, 4.69) is 0 Å². The first-order valence-electron chi connectivity index (χ1n) is 3.03. The maximum absolute atomic E-state index is 8.74. The summed E-state index contributed by atoms with van der Waals surface area (Å²) in [6.07, 6.45) is 0.722. The zero-order chi connectivity index (χ0) is 11.3. The molecular formula is C3H15NO7P2. The Morgan fingerprint density at radius 1 is 1.00 bits per heavy atom. The van der Waals surface area contributed by atoms with Gasteiger partial charge in [-0.25, -0.2) is 0 Å². The molecule has 0 aromatic carbocycles. The summed E-state index contributed by atoms with van der Waals surface area (Å²) in [5.74, 6) is 0. The SMILES string of the molecule is NCCCO.O=[PH](O)O.O=[PH](O)O. The van der Waals surface area contributed by atoms with Gasteiger partial charge in [-0.1, -0.05) is 0 Å². The molecule has 0 spiro atoms. The molecule has 0 saturated carbocycles. The summed E-state index contributed by atoms with van der Waals surface area (Å²) in [6, 6.07) is 0. The molecule has 0 aliphatic carbocycles. The summed E-state index contributed by atoms with van der Waals surface area (Å²) in [6.45, 7) is 0.812. The van der Waals surface area contributed by atoms with Crippen LogP contribution in [0.5, 0.6) is 0 Å². The Morgan fingerprint density at radius 2 is 1.23 bits per heavy atom. The number of aliphatic hydroxyl groups is 1. The van der Waals surface area contributed by atoms with E-state index in [0.717, 1.165) is 6.42 Å². The van der Waals surface area contributed by atoms with Gasteiger partial charge in [-0.2, -0.15) is 0 Å². The Hall–Kier alpha value is 0.220. The molecule has 0 aromatic heterocycles. The van der Waals surface area contributed by atoms with E-state index in [9.17, 15) is 0 Å². The van der Waals surface area contributed by atoms with Crippen molar-refractivity contribution in [1.82, 2.24) is 0 Å². The first kappa shape index (κ1) is 18.9. The summed E-state index contributed by atoms with van der Waals surface area (Å²) < 4.78 is 17.5. The van der Waals surface area contributed by atoms with Gasteiger partial charge in [0.1, 0.15) is 0 Å². The van der Waals surface area contributed by atoms with Crippen LogP contribution in [0, 0.1) is 0 Å². The summed E-state index contributed by atoms with van der Waals surface area (Å²) in [5.41, 5.74) is 4.98. The van der Waals surface area contributed by atoms with Crippen molar-refractivity contribution in [2.75, 3.05) is 13.2 Å². The van der Waals surface area contributed by atoms with Gasteiger partial charge in [0.2, 0.25) is 0 Å². The minimum absolute atomic E-state index is 0.219. The van der Waals surface area contributed by atoms with E-state index in [1.807, 2.05) is 0 Å². The summed E-state index contributed by atoms with van der Waals surface area (Å²) in [4.78, 5) is 28.6. The quantitative estimate of drug-likeness (QED) is 0.303. The zero-order valence-electron chi connectivity index (χ0n) is 6.75. The molecule has 0 aromatic rings. The van der Waals surface area contributed by atoms with E-state index in [1.54, 1.807) is 0 Å². The van der Waals surface area contributed by atoms with Crippen LogP contribution in [-0.2, 0) is 9.13 Å². The van der Waals surface area contributed by atoms with Gasteiger partial charge in [-0.15, -0.1) is 0 Å². The van der Waals surface area contributed by atoms with E-state index in [4.69, 9.17) is 39.5 Å². The molecule has 84 valence electrons. The highest BCUT2D eigenvalue weighted by Gasteiger charge is 1.69. The molecule has 0 saturated heterocycles. The molecule has 0 aliphatic rings. The monoisotopic (exact) mass is 239 g/mol. The zero-order valence-corrected chi connectivity index (χ0v) is 8.75. The Labute approximate surface area is 76.5 Å². The fourth-order valence-corrected chi connectivity index (χ4v) is 0.0913. The van der Waals surface area contributed by atoms with Crippen LogP contribution in [0.3, 0.4) is 0 Å². The molecule has 0 heterocycles. The molecule has 0 unspecified atom stereocenters. The molecule has 8 nitrogen and oxygen atoms in total. The van der Waals surface area contributed by atoms with Crippen molar-refractivity contribution < 1.29 is 33.8 Å². The van der Waals surface area contributed by atoms with Crippen LogP contribution >= 0.6 is 16.5 Å². The first-order valence-corrected chi connectivity index (χ1v) is 5.63. The van der Waals surface area contributed by atoms with Crippen LogP contribution in [-0.4, -0.2) is 37.8 Å². The highest BCUT2D eigenvalue weighted by atomic mass is 31.1. The van der Waals surface area contributed by atoms with Crippen molar-refractivity contribution in [3.05, 3.63) is 0 Å². The van der Waals surface area contributed by atoms with E-state index in [0.29, 0.717) is 6.54 Å². The predicted octanol–water partition coefficient (Wildman–Crippen LogP) is -1.95. The van der Waals surface area contributed by atoms with Crippen molar-refractivity contribution in [2.24, 2.45) is 5.73 Å². The van der Waals surface area contributed by atoms with Crippen molar-refractivity contribution in [3.8, 4) is 0 Å². The van der Waals surface area contributed by atoms with E-state index >= 15 is 0 Å².